The van der Waals surface area contributed by atoms with E-state index in [4.69, 9.17) is 16.3 Å². The predicted octanol–water partition coefficient (Wildman–Crippen LogP) is 2.71. The molecular weight excluding hydrogens is 222 g/mol. The molecule has 0 amide bonds. The van der Waals surface area contributed by atoms with Gasteiger partial charge in [0.2, 0.25) is 0 Å². The number of hydrogen-bond acceptors (Lipinski definition) is 2. The molecule has 1 heterocycles. The van der Waals surface area contributed by atoms with Gasteiger partial charge < -0.3 is 10.1 Å². The third kappa shape index (κ3) is 1.97. The van der Waals surface area contributed by atoms with Gasteiger partial charge in [0, 0.05) is 23.7 Å². The first-order chi connectivity index (χ1) is 7.83. The summed E-state index contributed by atoms with van der Waals surface area (Å²) in [5.74, 6) is 0. The molecule has 2 aliphatic rings. The van der Waals surface area contributed by atoms with Crippen molar-refractivity contribution >= 4 is 11.6 Å². The van der Waals surface area contributed by atoms with E-state index in [1.807, 2.05) is 6.07 Å². The van der Waals surface area contributed by atoms with Gasteiger partial charge in [-0.2, -0.15) is 0 Å². The molecule has 1 aliphatic carbocycles. The zero-order valence-electron chi connectivity index (χ0n) is 9.21. The molecule has 1 aliphatic heterocycles. The second-order valence-corrected chi connectivity index (χ2v) is 5.10. The lowest BCUT2D eigenvalue weighted by Gasteiger charge is -2.18. The van der Waals surface area contributed by atoms with Crippen LogP contribution in [-0.4, -0.2) is 19.3 Å². The molecule has 0 aromatic heterocycles. The summed E-state index contributed by atoms with van der Waals surface area (Å²) in [6.07, 6.45) is 3.48. The van der Waals surface area contributed by atoms with Crippen molar-refractivity contribution in [3.05, 3.63) is 34.3 Å². The van der Waals surface area contributed by atoms with E-state index in [9.17, 15) is 0 Å². The number of halogens is 1. The maximum Gasteiger partial charge on any atom is 0.0620 e. The minimum atomic E-state index is 0.473. The quantitative estimate of drug-likeness (QED) is 0.854. The zero-order chi connectivity index (χ0) is 11.0. The Labute approximate surface area is 101 Å². The van der Waals surface area contributed by atoms with Crippen molar-refractivity contribution in [3.63, 3.8) is 0 Å². The Balaban J connectivity index is 1.77. The van der Waals surface area contributed by atoms with E-state index in [2.05, 4.69) is 17.4 Å². The van der Waals surface area contributed by atoms with Crippen LogP contribution in [0.5, 0.6) is 0 Å². The molecule has 2 unspecified atom stereocenters. The molecule has 0 spiro atoms. The standard InChI is InChI=1S/C13H16ClNO/c14-10-3-1-9-2-4-13(12(9)7-10)15-11-5-6-16-8-11/h1,3,7,11,13,15H,2,4-6,8H2. The van der Waals surface area contributed by atoms with E-state index in [1.165, 1.54) is 17.5 Å². The van der Waals surface area contributed by atoms with Crippen LogP contribution in [0.2, 0.25) is 5.02 Å². The van der Waals surface area contributed by atoms with Crippen LogP contribution in [0.25, 0.3) is 0 Å². The summed E-state index contributed by atoms with van der Waals surface area (Å²) < 4.78 is 5.39. The van der Waals surface area contributed by atoms with Gasteiger partial charge in [-0.1, -0.05) is 17.7 Å². The topological polar surface area (TPSA) is 21.3 Å². The Morgan fingerprint density at radius 2 is 2.25 bits per heavy atom. The third-order valence-electron chi connectivity index (χ3n) is 3.55. The van der Waals surface area contributed by atoms with Crippen molar-refractivity contribution in [1.82, 2.24) is 5.32 Å². The fraction of sp³-hybridized carbons (Fsp3) is 0.538. The highest BCUT2D eigenvalue weighted by Gasteiger charge is 2.26. The highest BCUT2D eigenvalue weighted by atomic mass is 35.5. The lowest BCUT2D eigenvalue weighted by Crippen LogP contribution is -2.32. The highest BCUT2D eigenvalue weighted by molar-refractivity contribution is 6.30. The van der Waals surface area contributed by atoms with Gasteiger partial charge in [0.1, 0.15) is 0 Å². The van der Waals surface area contributed by atoms with Crippen LogP contribution in [0.4, 0.5) is 0 Å². The molecule has 0 saturated carbocycles. The monoisotopic (exact) mass is 237 g/mol. The summed E-state index contributed by atoms with van der Waals surface area (Å²) in [6.45, 7) is 1.75. The number of rotatable bonds is 2. The van der Waals surface area contributed by atoms with E-state index >= 15 is 0 Å². The largest absolute Gasteiger partial charge is 0.380 e. The first kappa shape index (κ1) is 10.6. The highest BCUT2D eigenvalue weighted by Crippen LogP contribution is 2.33. The maximum absolute atomic E-state index is 6.05. The van der Waals surface area contributed by atoms with Gasteiger partial charge in [-0.15, -0.1) is 0 Å². The summed E-state index contributed by atoms with van der Waals surface area (Å²) >= 11 is 6.05. The average molecular weight is 238 g/mol. The molecular formula is C13H16ClNO. The van der Waals surface area contributed by atoms with Crippen molar-refractivity contribution in [3.8, 4) is 0 Å². The molecule has 1 saturated heterocycles. The average Bonchev–Trinajstić information content (AvgIpc) is 2.90. The van der Waals surface area contributed by atoms with Crippen molar-refractivity contribution in [2.45, 2.75) is 31.3 Å². The van der Waals surface area contributed by atoms with Crippen molar-refractivity contribution in [2.75, 3.05) is 13.2 Å². The Hall–Kier alpha value is -0.570. The van der Waals surface area contributed by atoms with Crippen LogP contribution in [0.1, 0.15) is 30.0 Å². The Morgan fingerprint density at radius 3 is 3.06 bits per heavy atom. The van der Waals surface area contributed by atoms with Crippen molar-refractivity contribution in [1.29, 1.82) is 0 Å². The number of hydrogen-bond donors (Lipinski definition) is 1. The smallest absolute Gasteiger partial charge is 0.0620 e. The van der Waals surface area contributed by atoms with Crippen molar-refractivity contribution < 1.29 is 4.74 Å². The fourth-order valence-corrected chi connectivity index (χ4v) is 2.88. The number of benzene rings is 1. The van der Waals surface area contributed by atoms with E-state index in [-0.39, 0.29) is 0 Å². The second kappa shape index (κ2) is 4.36. The Kier molecular flexibility index (Phi) is 2.88. The Morgan fingerprint density at radius 1 is 1.31 bits per heavy atom. The molecule has 1 aromatic carbocycles. The van der Waals surface area contributed by atoms with Gasteiger partial charge in [-0.3, -0.25) is 0 Å². The summed E-state index contributed by atoms with van der Waals surface area (Å²) in [4.78, 5) is 0. The number of nitrogens with one attached hydrogen (secondary N) is 1. The predicted molar refractivity (Wildman–Crippen MR) is 64.9 cm³/mol. The second-order valence-electron chi connectivity index (χ2n) is 4.66. The molecule has 3 heteroatoms. The zero-order valence-corrected chi connectivity index (χ0v) is 9.96. The van der Waals surface area contributed by atoms with Gasteiger partial charge in [0.25, 0.3) is 0 Å². The minimum absolute atomic E-state index is 0.473. The molecule has 1 fully saturated rings. The summed E-state index contributed by atoms with van der Waals surface area (Å²) in [5, 5.41) is 4.52. The Bertz CT molecular complexity index is 388. The molecule has 3 rings (SSSR count). The molecule has 16 heavy (non-hydrogen) atoms. The van der Waals surface area contributed by atoms with Crippen LogP contribution in [0.15, 0.2) is 18.2 Å². The fourth-order valence-electron chi connectivity index (χ4n) is 2.70. The minimum Gasteiger partial charge on any atom is -0.380 e. The first-order valence-corrected chi connectivity index (χ1v) is 6.33. The molecule has 2 nitrogen and oxygen atoms in total. The molecule has 1 N–H and O–H groups in total. The number of fused-ring (bicyclic) bond motifs is 1. The molecule has 0 bridgehead atoms. The number of ether oxygens (including phenoxy) is 1. The van der Waals surface area contributed by atoms with Crippen LogP contribution >= 0.6 is 11.6 Å². The lowest BCUT2D eigenvalue weighted by atomic mass is 10.1. The van der Waals surface area contributed by atoms with E-state index in [0.717, 1.165) is 31.1 Å². The van der Waals surface area contributed by atoms with Crippen LogP contribution in [0, 0.1) is 0 Å². The van der Waals surface area contributed by atoms with Crippen molar-refractivity contribution in [2.24, 2.45) is 0 Å². The van der Waals surface area contributed by atoms with Crippen LogP contribution < -0.4 is 5.32 Å². The SMILES string of the molecule is Clc1ccc2c(c1)C(NC1CCOC1)CC2. The van der Waals surface area contributed by atoms with Gasteiger partial charge in [0.05, 0.1) is 6.61 Å². The first-order valence-electron chi connectivity index (χ1n) is 5.95. The third-order valence-corrected chi connectivity index (χ3v) is 3.79. The molecule has 86 valence electrons. The van der Waals surface area contributed by atoms with Gasteiger partial charge >= 0.3 is 0 Å². The molecule has 2 atom stereocenters. The van der Waals surface area contributed by atoms with E-state index in [1.54, 1.807) is 0 Å². The maximum atomic E-state index is 6.05. The summed E-state index contributed by atoms with van der Waals surface area (Å²) in [6, 6.07) is 7.25. The van der Waals surface area contributed by atoms with Gasteiger partial charge in [0.15, 0.2) is 0 Å². The normalized spacial score (nSPS) is 28.3. The lowest BCUT2D eigenvalue weighted by molar-refractivity contribution is 0.188. The van der Waals surface area contributed by atoms with E-state index in [0.29, 0.717) is 12.1 Å². The molecule has 0 radical (unpaired) electrons. The van der Waals surface area contributed by atoms with Gasteiger partial charge in [-0.05, 0) is 42.5 Å². The van der Waals surface area contributed by atoms with Gasteiger partial charge in [-0.25, -0.2) is 0 Å². The summed E-state index contributed by atoms with van der Waals surface area (Å²) in [7, 11) is 0. The molecule has 1 aromatic rings. The number of aryl methyl sites for hydroxylation is 1. The van der Waals surface area contributed by atoms with Crippen LogP contribution in [-0.2, 0) is 11.2 Å². The van der Waals surface area contributed by atoms with E-state index < -0.39 is 0 Å². The summed E-state index contributed by atoms with van der Waals surface area (Å²) in [5.41, 5.74) is 2.83. The van der Waals surface area contributed by atoms with Crippen LogP contribution in [0.3, 0.4) is 0 Å².